The number of likely N-dealkylation sites (N-methyl/N-ethyl adjacent to an activating group) is 1. The first-order chi connectivity index (χ1) is 13.2. The smallest absolute Gasteiger partial charge is 0.239 e. The van der Waals surface area contributed by atoms with Crippen LogP contribution in [0.3, 0.4) is 0 Å². The Bertz CT molecular complexity index is 716. The number of carbonyl (C=O) groups excluding carboxylic acids is 1. The number of rotatable bonds is 7. The first kappa shape index (κ1) is 21.4. The molecule has 0 aromatic heterocycles. The van der Waals surface area contributed by atoms with E-state index in [4.69, 9.17) is 5.73 Å². The van der Waals surface area contributed by atoms with Gasteiger partial charge in [-0.25, -0.2) is 0 Å². The highest BCUT2D eigenvalue weighted by molar-refractivity contribution is 5.83. The Morgan fingerprint density at radius 3 is 2.52 bits per heavy atom. The SMILES string of the molecule is CC.CN1CCN(CCc2ccc3ccccc3c2)C(=O)C1CCCCN. The number of benzene rings is 2. The van der Waals surface area contributed by atoms with Gasteiger partial charge in [0.15, 0.2) is 0 Å². The van der Waals surface area contributed by atoms with Gasteiger partial charge in [0.05, 0.1) is 6.04 Å². The highest BCUT2D eigenvalue weighted by atomic mass is 16.2. The minimum atomic E-state index is 0.0249. The summed E-state index contributed by atoms with van der Waals surface area (Å²) in [5.74, 6) is 0.284. The Kier molecular flexibility index (Phi) is 8.76. The fourth-order valence-electron chi connectivity index (χ4n) is 3.65. The summed E-state index contributed by atoms with van der Waals surface area (Å²) < 4.78 is 0. The first-order valence-electron chi connectivity index (χ1n) is 10.4. The summed E-state index contributed by atoms with van der Waals surface area (Å²) in [4.78, 5) is 17.1. The number of nitrogens with two attached hydrogens (primary N) is 1. The molecule has 1 atom stereocenters. The normalized spacial score (nSPS) is 17.7. The first-order valence-corrected chi connectivity index (χ1v) is 10.4. The fraction of sp³-hybridized carbons (Fsp3) is 0.522. The number of amides is 1. The lowest BCUT2D eigenvalue weighted by Gasteiger charge is -2.39. The van der Waals surface area contributed by atoms with Crippen LogP contribution < -0.4 is 5.73 Å². The molecule has 4 heteroatoms. The van der Waals surface area contributed by atoms with Gasteiger partial charge < -0.3 is 10.6 Å². The number of hydrogen-bond donors (Lipinski definition) is 1. The molecule has 27 heavy (non-hydrogen) atoms. The van der Waals surface area contributed by atoms with Crippen molar-refractivity contribution < 1.29 is 4.79 Å². The molecule has 1 fully saturated rings. The summed E-state index contributed by atoms with van der Waals surface area (Å²) in [5, 5.41) is 2.53. The molecular weight excluding hydrogens is 334 g/mol. The largest absolute Gasteiger partial charge is 0.340 e. The Morgan fingerprint density at radius 1 is 1.04 bits per heavy atom. The zero-order valence-corrected chi connectivity index (χ0v) is 17.2. The molecule has 2 aromatic carbocycles. The second-order valence-electron chi connectivity index (χ2n) is 7.04. The van der Waals surface area contributed by atoms with E-state index in [-0.39, 0.29) is 11.9 Å². The second kappa shape index (κ2) is 11.1. The van der Waals surface area contributed by atoms with Gasteiger partial charge in [0.25, 0.3) is 0 Å². The van der Waals surface area contributed by atoms with Crippen LogP contribution in [-0.4, -0.2) is 55.0 Å². The van der Waals surface area contributed by atoms with Gasteiger partial charge in [0, 0.05) is 19.6 Å². The van der Waals surface area contributed by atoms with E-state index >= 15 is 0 Å². The van der Waals surface area contributed by atoms with E-state index in [1.807, 2.05) is 18.7 Å². The summed E-state index contributed by atoms with van der Waals surface area (Å²) in [6, 6.07) is 15.0. The van der Waals surface area contributed by atoms with Gasteiger partial charge in [-0.15, -0.1) is 0 Å². The van der Waals surface area contributed by atoms with E-state index in [0.717, 1.165) is 45.3 Å². The maximum absolute atomic E-state index is 12.8. The fourth-order valence-corrected chi connectivity index (χ4v) is 3.65. The number of fused-ring (bicyclic) bond motifs is 1. The van der Waals surface area contributed by atoms with Crippen molar-refractivity contribution in [2.45, 2.75) is 45.6 Å². The average molecular weight is 370 g/mol. The van der Waals surface area contributed by atoms with Crippen LogP contribution in [0.2, 0.25) is 0 Å². The Balaban J connectivity index is 0.00000126. The topological polar surface area (TPSA) is 49.6 Å². The molecule has 1 aliphatic rings. The van der Waals surface area contributed by atoms with Gasteiger partial charge in [-0.05, 0) is 49.2 Å². The lowest BCUT2D eigenvalue weighted by atomic mass is 10.0. The molecule has 1 aliphatic heterocycles. The Labute approximate surface area is 164 Å². The third kappa shape index (κ3) is 5.78. The van der Waals surface area contributed by atoms with E-state index < -0.39 is 0 Å². The van der Waals surface area contributed by atoms with Gasteiger partial charge in [-0.2, -0.15) is 0 Å². The van der Waals surface area contributed by atoms with Crippen molar-refractivity contribution in [3.05, 3.63) is 48.0 Å². The van der Waals surface area contributed by atoms with Crippen molar-refractivity contribution in [2.75, 3.05) is 33.2 Å². The maximum Gasteiger partial charge on any atom is 0.239 e. The highest BCUT2D eigenvalue weighted by Crippen LogP contribution is 2.18. The van der Waals surface area contributed by atoms with Crippen molar-refractivity contribution in [3.8, 4) is 0 Å². The molecule has 0 spiro atoms. The number of piperazine rings is 1. The molecule has 1 heterocycles. The van der Waals surface area contributed by atoms with Crippen LogP contribution in [0.1, 0.15) is 38.7 Å². The molecule has 0 radical (unpaired) electrons. The molecule has 1 amide bonds. The van der Waals surface area contributed by atoms with Crippen LogP contribution >= 0.6 is 0 Å². The second-order valence-corrected chi connectivity index (χ2v) is 7.04. The third-order valence-corrected chi connectivity index (χ3v) is 5.27. The summed E-state index contributed by atoms with van der Waals surface area (Å²) in [6.45, 7) is 7.29. The molecule has 0 saturated carbocycles. The van der Waals surface area contributed by atoms with Crippen LogP contribution in [0.5, 0.6) is 0 Å². The van der Waals surface area contributed by atoms with Crippen molar-refractivity contribution in [1.29, 1.82) is 0 Å². The molecular formula is C23H35N3O. The van der Waals surface area contributed by atoms with E-state index in [9.17, 15) is 4.79 Å². The lowest BCUT2D eigenvalue weighted by Crippen LogP contribution is -2.55. The summed E-state index contributed by atoms with van der Waals surface area (Å²) in [6.07, 6.45) is 3.85. The van der Waals surface area contributed by atoms with Crippen LogP contribution in [-0.2, 0) is 11.2 Å². The van der Waals surface area contributed by atoms with Gasteiger partial charge >= 0.3 is 0 Å². The number of carbonyl (C=O) groups is 1. The van der Waals surface area contributed by atoms with Crippen molar-refractivity contribution in [2.24, 2.45) is 5.73 Å². The summed E-state index contributed by atoms with van der Waals surface area (Å²) in [7, 11) is 2.06. The maximum atomic E-state index is 12.8. The Hall–Kier alpha value is -1.91. The van der Waals surface area contributed by atoms with E-state index in [1.165, 1.54) is 16.3 Å². The molecule has 1 unspecified atom stereocenters. The molecule has 3 rings (SSSR count). The molecule has 0 aliphatic carbocycles. The predicted octanol–water partition coefficient (Wildman–Crippen LogP) is 3.68. The standard InChI is InChI=1S/C21H29N3O.C2H6/c1-23-14-15-24(21(25)20(23)8-4-5-12-22)13-11-17-9-10-18-6-2-3-7-19(18)16-17;1-2/h2-3,6-7,9-10,16,20H,4-5,8,11-15,22H2,1H3;1-2H3. The van der Waals surface area contributed by atoms with Crippen LogP contribution in [0, 0.1) is 0 Å². The van der Waals surface area contributed by atoms with E-state index in [1.54, 1.807) is 0 Å². The predicted molar refractivity (Wildman–Crippen MR) is 115 cm³/mol. The molecule has 1 saturated heterocycles. The number of hydrogen-bond acceptors (Lipinski definition) is 3. The average Bonchev–Trinajstić information content (AvgIpc) is 2.71. The van der Waals surface area contributed by atoms with E-state index in [0.29, 0.717) is 6.54 Å². The van der Waals surface area contributed by atoms with Crippen molar-refractivity contribution in [3.63, 3.8) is 0 Å². The molecule has 148 valence electrons. The quantitative estimate of drug-likeness (QED) is 0.758. The minimum absolute atomic E-state index is 0.0249. The zero-order chi connectivity index (χ0) is 19.6. The molecule has 2 N–H and O–H groups in total. The molecule has 2 aromatic rings. The number of unbranched alkanes of at least 4 members (excludes halogenated alkanes) is 1. The van der Waals surface area contributed by atoms with Crippen molar-refractivity contribution >= 4 is 16.7 Å². The minimum Gasteiger partial charge on any atom is -0.340 e. The summed E-state index contributed by atoms with van der Waals surface area (Å²) >= 11 is 0. The number of nitrogens with zero attached hydrogens (tertiary/aromatic N) is 2. The zero-order valence-electron chi connectivity index (χ0n) is 17.2. The Morgan fingerprint density at radius 2 is 1.78 bits per heavy atom. The molecule has 4 nitrogen and oxygen atoms in total. The van der Waals surface area contributed by atoms with Gasteiger partial charge in [0.2, 0.25) is 5.91 Å². The van der Waals surface area contributed by atoms with Gasteiger partial charge in [-0.1, -0.05) is 62.7 Å². The van der Waals surface area contributed by atoms with Crippen LogP contribution in [0.25, 0.3) is 10.8 Å². The van der Waals surface area contributed by atoms with Crippen LogP contribution in [0.15, 0.2) is 42.5 Å². The lowest BCUT2D eigenvalue weighted by molar-refractivity contribution is -0.141. The third-order valence-electron chi connectivity index (χ3n) is 5.27. The van der Waals surface area contributed by atoms with Gasteiger partial charge in [-0.3, -0.25) is 9.69 Å². The highest BCUT2D eigenvalue weighted by Gasteiger charge is 2.31. The van der Waals surface area contributed by atoms with Crippen molar-refractivity contribution in [1.82, 2.24) is 9.80 Å². The summed E-state index contributed by atoms with van der Waals surface area (Å²) in [5.41, 5.74) is 6.88. The van der Waals surface area contributed by atoms with E-state index in [2.05, 4.69) is 54.4 Å². The molecule has 0 bridgehead atoms. The van der Waals surface area contributed by atoms with Gasteiger partial charge in [0.1, 0.15) is 0 Å². The monoisotopic (exact) mass is 369 g/mol. The van der Waals surface area contributed by atoms with Crippen LogP contribution in [0.4, 0.5) is 0 Å².